The van der Waals surface area contributed by atoms with Crippen LogP contribution in [-0.4, -0.2) is 23.6 Å². The predicted octanol–water partition coefficient (Wildman–Crippen LogP) is 3.75. The molecule has 0 spiro atoms. The molecule has 4 heteroatoms. The van der Waals surface area contributed by atoms with E-state index in [1.807, 2.05) is 12.1 Å². The molecule has 0 saturated carbocycles. The average molecular weight is 315 g/mol. The van der Waals surface area contributed by atoms with Gasteiger partial charge in [0.25, 0.3) is 0 Å². The summed E-state index contributed by atoms with van der Waals surface area (Å²) >= 11 is 5.68. The molecule has 0 radical (unpaired) electrons. The molecule has 0 amide bonds. The van der Waals surface area contributed by atoms with Crippen LogP contribution >= 0.6 is 27.7 Å². The van der Waals surface area contributed by atoms with E-state index in [0.717, 1.165) is 23.2 Å². The Morgan fingerprint density at radius 3 is 2.82 bits per heavy atom. The van der Waals surface area contributed by atoms with Gasteiger partial charge in [0.1, 0.15) is 0 Å². The molecule has 2 N–H and O–H groups in total. The van der Waals surface area contributed by atoms with Gasteiger partial charge in [-0.15, -0.1) is 0 Å². The third-order valence-corrected chi connectivity index (χ3v) is 5.16. The van der Waals surface area contributed by atoms with Crippen molar-refractivity contribution in [3.8, 4) is 0 Å². The molecule has 1 heterocycles. The lowest BCUT2D eigenvalue weighted by atomic mass is 10.1. The molecule has 1 aliphatic rings. The van der Waals surface area contributed by atoms with E-state index in [2.05, 4.69) is 52.5 Å². The highest BCUT2D eigenvalue weighted by atomic mass is 79.9. The van der Waals surface area contributed by atoms with Crippen LogP contribution in [0.3, 0.4) is 0 Å². The van der Waals surface area contributed by atoms with Crippen LogP contribution in [0.2, 0.25) is 0 Å². The zero-order valence-corrected chi connectivity index (χ0v) is 12.8. The van der Waals surface area contributed by atoms with Gasteiger partial charge in [0.05, 0.1) is 5.69 Å². The molecule has 1 aromatic rings. The molecule has 0 atom stereocenters. The van der Waals surface area contributed by atoms with Crippen molar-refractivity contribution in [2.75, 3.05) is 29.5 Å². The van der Waals surface area contributed by atoms with Crippen molar-refractivity contribution in [2.45, 2.75) is 25.0 Å². The second-order valence-electron chi connectivity index (χ2n) is 5.06. The van der Waals surface area contributed by atoms with Gasteiger partial charge in [-0.05, 0) is 40.5 Å². The van der Waals surface area contributed by atoms with Crippen LogP contribution < -0.4 is 10.6 Å². The van der Waals surface area contributed by atoms with E-state index in [4.69, 9.17) is 5.73 Å². The zero-order chi connectivity index (χ0) is 12.5. The molecular weight excluding hydrogens is 296 g/mol. The van der Waals surface area contributed by atoms with Gasteiger partial charge < -0.3 is 10.6 Å². The maximum atomic E-state index is 5.78. The van der Waals surface area contributed by atoms with Crippen molar-refractivity contribution < 1.29 is 0 Å². The number of anilines is 2. The Kier molecular flexibility index (Phi) is 3.93. The van der Waals surface area contributed by atoms with Crippen molar-refractivity contribution in [2.24, 2.45) is 0 Å². The molecule has 0 bridgehead atoms. The number of nitrogen functional groups attached to an aromatic ring is 1. The predicted molar refractivity (Wildman–Crippen MR) is 81.9 cm³/mol. The summed E-state index contributed by atoms with van der Waals surface area (Å²) in [5.74, 6) is 1.18. The van der Waals surface area contributed by atoms with Gasteiger partial charge in [0.15, 0.2) is 0 Å². The van der Waals surface area contributed by atoms with E-state index in [0.29, 0.717) is 4.75 Å². The molecule has 1 saturated heterocycles. The van der Waals surface area contributed by atoms with Gasteiger partial charge in [-0.1, -0.05) is 13.8 Å². The quantitative estimate of drug-likeness (QED) is 0.800. The average Bonchev–Trinajstić information content (AvgIpc) is 2.40. The number of rotatable bonds is 1. The van der Waals surface area contributed by atoms with E-state index >= 15 is 0 Å². The number of hydrogen-bond donors (Lipinski definition) is 1. The van der Waals surface area contributed by atoms with Gasteiger partial charge in [-0.25, -0.2) is 0 Å². The Labute approximate surface area is 116 Å². The molecule has 2 rings (SSSR count). The molecule has 94 valence electrons. The summed E-state index contributed by atoms with van der Waals surface area (Å²) in [5, 5.41) is 0. The summed E-state index contributed by atoms with van der Waals surface area (Å²) in [6.07, 6.45) is 1.22. The summed E-state index contributed by atoms with van der Waals surface area (Å²) in [6.45, 7) is 6.89. The van der Waals surface area contributed by atoms with Crippen LogP contribution in [0.15, 0.2) is 22.7 Å². The zero-order valence-electron chi connectivity index (χ0n) is 10.4. The van der Waals surface area contributed by atoms with Crippen LogP contribution in [0.1, 0.15) is 20.3 Å². The normalized spacial score (nSPS) is 20.1. The highest BCUT2D eigenvalue weighted by Gasteiger charge is 2.24. The molecule has 1 aliphatic heterocycles. The summed E-state index contributed by atoms with van der Waals surface area (Å²) in [6, 6.07) is 6.07. The fourth-order valence-corrected chi connectivity index (χ4v) is 3.79. The lowest BCUT2D eigenvalue weighted by molar-refractivity contribution is 0.637. The Bertz CT molecular complexity index is 406. The topological polar surface area (TPSA) is 29.3 Å². The van der Waals surface area contributed by atoms with Crippen molar-refractivity contribution >= 4 is 39.1 Å². The number of hydrogen-bond acceptors (Lipinski definition) is 3. The number of nitrogens with two attached hydrogens (primary N) is 1. The second-order valence-corrected chi connectivity index (χ2v) is 7.71. The van der Waals surface area contributed by atoms with Crippen LogP contribution in [0.4, 0.5) is 11.4 Å². The first-order chi connectivity index (χ1) is 7.98. The van der Waals surface area contributed by atoms with E-state index in [1.165, 1.54) is 17.9 Å². The van der Waals surface area contributed by atoms with Crippen molar-refractivity contribution in [3.05, 3.63) is 22.7 Å². The molecule has 0 aromatic heterocycles. The maximum Gasteiger partial charge on any atom is 0.0512 e. The van der Waals surface area contributed by atoms with Crippen molar-refractivity contribution in [1.82, 2.24) is 0 Å². The molecule has 17 heavy (non-hydrogen) atoms. The molecule has 2 nitrogen and oxygen atoms in total. The number of halogens is 1. The Balaban J connectivity index is 2.17. The van der Waals surface area contributed by atoms with Gasteiger partial charge >= 0.3 is 0 Å². The van der Waals surface area contributed by atoms with Gasteiger partial charge in [-0.2, -0.15) is 11.8 Å². The molecule has 0 unspecified atom stereocenters. The fraction of sp³-hybridized carbons (Fsp3) is 0.538. The summed E-state index contributed by atoms with van der Waals surface area (Å²) in [7, 11) is 0. The Morgan fingerprint density at radius 2 is 2.12 bits per heavy atom. The third kappa shape index (κ3) is 3.32. The minimum Gasteiger partial charge on any atom is -0.399 e. The lowest BCUT2D eigenvalue weighted by Crippen LogP contribution is -2.27. The summed E-state index contributed by atoms with van der Waals surface area (Å²) in [4.78, 5) is 2.45. The standard InChI is InChI=1S/C13H19BrN2S/c1-13(2)5-6-16(7-8-17-13)12-4-3-10(15)9-11(12)14/h3-4,9H,5-8,15H2,1-2H3. The first kappa shape index (κ1) is 13.1. The lowest BCUT2D eigenvalue weighted by Gasteiger charge is -2.25. The van der Waals surface area contributed by atoms with Crippen LogP contribution in [0.25, 0.3) is 0 Å². The smallest absolute Gasteiger partial charge is 0.0512 e. The van der Waals surface area contributed by atoms with Gasteiger partial charge in [0.2, 0.25) is 0 Å². The van der Waals surface area contributed by atoms with Crippen LogP contribution in [0, 0.1) is 0 Å². The first-order valence-electron chi connectivity index (χ1n) is 5.92. The monoisotopic (exact) mass is 314 g/mol. The minimum atomic E-state index is 0.398. The van der Waals surface area contributed by atoms with Crippen LogP contribution in [-0.2, 0) is 0 Å². The molecule has 0 aliphatic carbocycles. The number of benzene rings is 1. The number of thioether (sulfide) groups is 1. The van der Waals surface area contributed by atoms with Crippen molar-refractivity contribution in [3.63, 3.8) is 0 Å². The van der Waals surface area contributed by atoms with E-state index < -0.39 is 0 Å². The highest BCUT2D eigenvalue weighted by Crippen LogP contribution is 2.35. The van der Waals surface area contributed by atoms with E-state index in [9.17, 15) is 0 Å². The molecule has 1 aromatic carbocycles. The van der Waals surface area contributed by atoms with Crippen molar-refractivity contribution in [1.29, 1.82) is 0 Å². The molecular formula is C13H19BrN2S. The Hall–Kier alpha value is -0.350. The van der Waals surface area contributed by atoms with Gasteiger partial charge in [-0.3, -0.25) is 0 Å². The molecule has 1 fully saturated rings. The number of nitrogens with zero attached hydrogens (tertiary/aromatic N) is 1. The fourth-order valence-electron chi connectivity index (χ4n) is 2.04. The third-order valence-electron chi connectivity index (χ3n) is 3.15. The van der Waals surface area contributed by atoms with E-state index in [-0.39, 0.29) is 0 Å². The first-order valence-corrected chi connectivity index (χ1v) is 7.70. The second kappa shape index (κ2) is 5.11. The largest absolute Gasteiger partial charge is 0.399 e. The maximum absolute atomic E-state index is 5.78. The SMILES string of the molecule is CC1(C)CCN(c2ccc(N)cc2Br)CCS1. The highest BCUT2D eigenvalue weighted by molar-refractivity contribution is 9.10. The van der Waals surface area contributed by atoms with E-state index in [1.54, 1.807) is 0 Å². The minimum absolute atomic E-state index is 0.398. The van der Waals surface area contributed by atoms with Crippen LogP contribution in [0.5, 0.6) is 0 Å². The summed E-state index contributed by atoms with van der Waals surface area (Å²) < 4.78 is 1.50. The summed E-state index contributed by atoms with van der Waals surface area (Å²) in [5.41, 5.74) is 7.85. The Morgan fingerprint density at radius 1 is 1.35 bits per heavy atom. The van der Waals surface area contributed by atoms with Gasteiger partial charge in [0, 0.05) is 33.7 Å².